The second kappa shape index (κ2) is 4.96. The van der Waals surface area contributed by atoms with E-state index in [1.54, 1.807) is 11.0 Å². The standard InChI is InChI=1S/C14H15N3O3/c18-13-12(15-10-5-1-2-6-11(10)16-13)17-7-3-4-9(8-17)14(19)20/h1-2,5-6,9H,3-4,7-8H2,(H,16,18)(H,19,20). The van der Waals surface area contributed by atoms with Gasteiger partial charge in [0.15, 0.2) is 5.82 Å². The first-order valence-electron chi connectivity index (χ1n) is 6.62. The van der Waals surface area contributed by atoms with Crippen LogP contribution < -0.4 is 10.5 Å². The second-order valence-electron chi connectivity index (χ2n) is 5.03. The van der Waals surface area contributed by atoms with Gasteiger partial charge in [-0.2, -0.15) is 0 Å². The van der Waals surface area contributed by atoms with Crippen LogP contribution in [0.5, 0.6) is 0 Å². The van der Waals surface area contributed by atoms with Gasteiger partial charge in [0.25, 0.3) is 5.56 Å². The molecule has 20 heavy (non-hydrogen) atoms. The number of carboxylic acid groups (broad SMARTS) is 1. The Balaban J connectivity index is 1.99. The van der Waals surface area contributed by atoms with Gasteiger partial charge in [-0.1, -0.05) is 12.1 Å². The highest BCUT2D eigenvalue weighted by atomic mass is 16.4. The van der Waals surface area contributed by atoms with E-state index in [2.05, 4.69) is 9.97 Å². The highest BCUT2D eigenvalue weighted by Crippen LogP contribution is 2.20. The van der Waals surface area contributed by atoms with Gasteiger partial charge in [-0.05, 0) is 25.0 Å². The summed E-state index contributed by atoms with van der Waals surface area (Å²) in [5.74, 6) is -0.932. The summed E-state index contributed by atoms with van der Waals surface area (Å²) < 4.78 is 0. The van der Waals surface area contributed by atoms with Crippen molar-refractivity contribution in [1.29, 1.82) is 0 Å². The second-order valence-corrected chi connectivity index (χ2v) is 5.03. The number of fused-ring (bicyclic) bond motifs is 1. The Bertz CT molecular complexity index is 710. The van der Waals surface area contributed by atoms with E-state index in [4.69, 9.17) is 5.11 Å². The van der Waals surface area contributed by atoms with Gasteiger partial charge in [-0.25, -0.2) is 4.98 Å². The van der Waals surface area contributed by atoms with E-state index in [1.807, 2.05) is 18.2 Å². The van der Waals surface area contributed by atoms with Gasteiger partial charge in [0, 0.05) is 13.1 Å². The summed E-state index contributed by atoms with van der Waals surface area (Å²) in [6, 6.07) is 7.31. The maximum atomic E-state index is 12.1. The highest BCUT2D eigenvalue weighted by molar-refractivity contribution is 5.75. The Morgan fingerprint density at radius 1 is 1.40 bits per heavy atom. The highest BCUT2D eigenvalue weighted by Gasteiger charge is 2.27. The van der Waals surface area contributed by atoms with Crippen molar-refractivity contribution < 1.29 is 9.90 Å². The minimum atomic E-state index is -0.813. The predicted molar refractivity (Wildman–Crippen MR) is 74.9 cm³/mol. The molecule has 1 aliphatic rings. The van der Waals surface area contributed by atoms with Gasteiger partial charge < -0.3 is 15.0 Å². The van der Waals surface area contributed by atoms with E-state index >= 15 is 0 Å². The summed E-state index contributed by atoms with van der Waals surface area (Å²) in [4.78, 5) is 32.1. The first-order valence-corrected chi connectivity index (χ1v) is 6.62. The van der Waals surface area contributed by atoms with E-state index in [1.165, 1.54) is 0 Å². The molecule has 0 aliphatic carbocycles. The zero-order valence-electron chi connectivity index (χ0n) is 10.9. The summed E-state index contributed by atoms with van der Waals surface area (Å²) >= 11 is 0. The number of carboxylic acids is 1. The minimum Gasteiger partial charge on any atom is -0.481 e. The molecule has 0 saturated carbocycles. The molecule has 3 rings (SSSR count). The van der Waals surface area contributed by atoms with Crippen molar-refractivity contribution in [1.82, 2.24) is 9.97 Å². The molecule has 1 aromatic heterocycles. The van der Waals surface area contributed by atoms with Crippen molar-refractivity contribution in [2.75, 3.05) is 18.0 Å². The third kappa shape index (κ3) is 2.24. The van der Waals surface area contributed by atoms with Crippen LogP contribution in [0.25, 0.3) is 11.0 Å². The molecule has 1 aliphatic heterocycles. The molecule has 2 heterocycles. The number of H-pyrrole nitrogens is 1. The third-order valence-electron chi connectivity index (χ3n) is 3.65. The predicted octanol–water partition coefficient (Wildman–Crippen LogP) is 1.22. The average molecular weight is 273 g/mol. The Morgan fingerprint density at radius 2 is 2.20 bits per heavy atom. The number of carbonyl (C=O) groups is 1. The monoisotopic (exact) mass is 273 g/mol. The molecular weight excluding hydrogens is 258 g/mol. The third-order valence-corrected chi connectivity index (χ3v) is 3.65. The van der Waals surface area contributed by atoms with Gasteiger partial charge in [0.1, 0.15) is 0 Å². The summed E-state index contributed by atoms with van der Waals surface area (Å²) in [6.07, 6.45) is 1.40. The summed E-state index contributed by atoms with van der Waals surface area (Å²) in [7, 11) is 0. The molecule has 1 saturated heterocycles. The molecule has 1 fully saturated rings. The van der Waals surface area contributed by atoms with Crippen molar-refractivity contribution in [2.45, 2.75) is 12.8 Å². The molecule has 0 radical (unpaired) electrons. The molecular formula is C14H15N3O3. The Labute approximate surface area is 115 Å². The average Bonchev–Trinajstić information content (AvgIpc) is 2.46. The number of piperidine rings is 1. The number of para-hydroxylation sites is 2. The van der Waals surface area contributed by atoms with Crippen LogP contribution in [0.2, 0.25) is 0 Å². The lowest BCUT2D eigenvalue weighted by molar-refractivity contribution is -0.141. The zero-order valence-corrected chi connectivity index (χ0v) is 10.9. The molecule has 1 atom stereocenters. The largest absolute Gasteiger partial charge is 0.481 e. The van der Waals surface area contributed by atoms with Crippen molar-refractivity contribution in [3.05, 3.63) is 34.6 Å². The van der Waals surface area contributed by atoms with Gasteiger partial charge >= 0.3 is 5.97 Å². The number of anilines is 1. The number of hydrogen-bond donors (Lipinski definition) is 2. The first kappa shape index (κ1) is 12.7. The van der Waals surface area contributed by atoms with E-state index in [9.17, 15) is 9.59 Å². The molecule has 0 spiro atoms. The quantitative estimate of drug-likeness (QED) is 0.859. The van der Waals surface area contributed by atoms with E-state index < -0.39 is 11.9 Å². The molecule has 0 amide bonds. The van der Waals surface area contributed by atoms with E-state index in [0.29, 0.717) is 36.4 Å². The minimum absolute atomic E-state index is 0.269. The lowest BCUT2D eigenvalue weighted by Gasteiger charge is -2.30. The number of aliphatic carboxylic acids is 1. The fraction of sp³-hybridized carbons (Fsp3) is 0.357. The maximum absolute atomic E-state index is 12.1. The van der Waals surface area contributed by atoms with E-state index in [-0.39, 0.29) is 5.56 Å². The summed E-state index contributed by atoms with van der Waals surface area (Å²) in [5.41, 5.74) is 1.13. The van der Waals surface area contributed by atoms with Crippen molar-refractivity contribution in [3.8, 4) is 0 Å². The van der Waals surface area contributed by atoms with Crippen molar-refractivity contribution >= 4 is 22.8 Å². The normalized spacial score (nSPS) is 19.2. The fourth-order valence-electron chi connectivity index (χ4n) is 2.61. The number of aromatic amines is 1. The Morgan fingerprint density at radius 3 is 3.00 bits per heavy atom. The molecule has 1 unspecified atom stereocenters. The molecule has 0 bridgehead atoms. The van der Waals surface area contributed by atoms with Crippen LogP contribution in [0.1, 0.15) is 12.8 Å². The topological polar surface area (TPSA) is 86.3 Å². The molecule has 2 aromatic rings. The lowest BCUT2D eigenvalue weighted by Crippen LogP contribution is -2.41. The molecule has 2 N–H and O–H groups in total. The van der Waals surface area contributed by atoms with E-state index in [0.717, 1.165) is 6.42 Å². The van der Waals surface area contributed by atoms with Gasteiger partial charge in [0.05, 0.1) is 17.0 Å². The van der Waals surface area contributed by atoms with Crippen LogP contribution in [0.15, 0.2) is 29.1 Å². The smallest absolute Gasteiger partial charge is 0.308 e. The zero-order chi connectivity index (χ0) is 14.1. The number of benzene rings is 1. The summed E-state index contributed by atoms with van der Waals surface area (Å²) in [6.45, 7) is 1.00. The number of hydrogen-bond acceptors (Lipinski definition) is 4. The van der Waals surface area contributed by atoms with Crippen LogP contribution in [0.4, 0.5) is 5.82 Å². The molecule has 104 valence electrons. The summed E-state index contributed by atoms with van der Waals surface area (Å²) in [5, 5.41) is 9.11. The number of nitrogens with one attached hydrogen (secondary N) is 1. The molecule has 1 aromatic carbocycles. The molecule has 6 heteroatoms. The van der Waals surface area contributed by atoms with Crippen molar-refractivity contribution in [3.63, 3.8) is 0 Å². The first-order chi connectivity index (χ1) is 9.65. The number of nitrogens with zero attached hydrogens (tertiary/aromatic N) is 2. The number of aromatic nitrogens is 2. The van der Waals surface area contributed by atoms with Crippen LogP contribution >= 0.6 is 0 Å². The SMILES string of the molecule is O=C(O)C1CCCN(c2nc3ccccc3[nH]c2=O)C1. The number of rotatable bonds is 2. The Hall–Kier alpha value is -2.37. The fourth-order valence-corrected chi connectivity index (χ4v) is 2.61. The molecule has 6 nitrogen and oxygen atoms in total. The van der Waals surface area contributed by atoms with Gasteiger partial charge in [-0.15, -0.1) is 0 Å². The van der Waals surface area contributed by atoms with Crippen LogP contribution in [-0.2, 0) is 4.79 Å². The van der Waals surface area contributed by atoms with Crippen LogP contribution in [-0.4, -0.2) is 34.1 Å². The van der Waals surface area contributed by atoms with Crippen LogP contribution in [0.3, 0.4) is 0 Å². The van der Waals surface area contributed by atoms with Crippen molar-refractivity contribution in [2.24, 2.45) is 5.92 Å². The lowest BCUT2D eigenvalue weighted by atomic mass is 9.98. The Kier molecular flexibility index (Phi) is 3.14. The maximum Gasteiger partial charge on any atom is 0.308 e. The van der Waals surface area contributed by atoms with Gasteiger partial charge in [-0.3, -0.25) is 9.59 Å². The van der Waals surface area contributed by atoms with Gasteiger partial charge in [0.2, 0.25) is 0 Å². The van der Waals surface area contributed by atoms with Crippen LogP contribution in [0, 0.1) is 5.92 Å².